The van der Waals surface area contributed by atoms with Gasteiger partial charge in [-0.15, -0.1) is 0 Å². The highest BCUT2D eigenvalue weighted by atomic mass is 79.9. The first-order chi connectivity index (χ1) is 9.58. The number of halogens is 2. The highest BCUT2D eigenvalue weighted by Crippen LogP contribution is 2.37. The van der Waals surface area contributed by atoms with E-state index in [0.29, 0.717) is 6.42 Å². The first-order valence-corrected chi connectivity index (χ1v) is 8.73. The number of benzene rings is 1. The zero-order valence-electron chi connectivity index (χ0n) is 11.3. The standard InChI is InChI=1S/C12H15BrClN3O3S/c1-12(11(16)18)2-3-17(6-12)21(19,20)9-5-7(14)4-8(15)10(9)13/h4-5H,2-3,6,15H2,1H3,(H2,16,18). The van der Waals surface area contributed by atoms with E-state index in [1.54, 1.807) is 6.92 Å². The number of nitrogen functional groups attached to an aromatic ring is 1. The summed E-state index contributed by atoms with van der Waals surface area (Å²) in [6.45, 7) is 1.93. The highest BCUT2D eigenvalue weighted by Gasteiger charge is 2.44. The Morgan fingerprint density at radius 2 is 2.10 bits per heavy atom. The maximum absolute atomic E-state index is 12.7. The number of anilines is 1. The summed E-state index contributed by atoms with van der Waals surface area (Å²) in [5.41, 5.74) is 10.5. The van der Waals surface area contributed by atoms with Crippen LogP contribution in [0.4, 0.5) is 5.69 Å². The second-order valence-electron chi connectivity index (χ2n) is 5.32. The predicted octanol–water partition coefficient (Wildman–Crippen LogP) is 1.57. The van der Waals surface area contributed by atoms with Crippen molar-refractivity contribution in [3.8, 4) is 0 Å². The average Bonchev–Trinajstić information content (AvgIpc) is 2.78. The van der Waals surface area contributed by atoms with Crippen LogP contribution in [0.2, 0.25) is 5.02 Å². The quantitative estimate of drug-likeness (QED) is 0.756. The number of carbonyl (C=O) groups excluding carboxylic acids is 1. The van der Waals surface area contributed by atoms with Crippen molar-refractivity contribution in [2.24, 2.45) is 11.1 Å². The minimum Gasteiger partial charge on any atom is -0.398 e. The van der Waals surface area contributed by atoms with Gasteiger partial charge in [-0.3, -0.25) is 4.79 Å². The molecule has 21 heavy (non-hydrogen) atoms. The molecule has 1 atom stereocenters. The van der Waals surface area contributed by atoms with Gasteiger partial charge in [0.15, 0.2) is 0 Å². The monoisotopic (exact) mass is 395 g/mol. The van der Waals surface area contributed by atoms with Gasteiger partial charge in [0.2, 0.25) is 15.9 Å². The number of sulfonamides is 1. The third-order valence-corrected chi connectivity index (χ3v) is 6.92. The molecule has 0 spiro atoms. The van der Waals surface area contributed by atoms with Crippen LogP contribution in [0.25, 0.3) is 0 Å². The molecule has 1 aliphatic rings. The van der Waals surface area contributed by atoms with Gasteiger partial charge in [0.25, 0.3) is 0 Å². The van der Waals surface area contributed by atoms with Crippen LogP contribution in [0.15, 0.2) is 21.5 Å². The SMILES string of the molecule is CC1(C(N)=O)CCN(S(=O)(=O)c2cc(Cl)cc(N)c2Br)C1. The molecule has 1 unspecified atom stereocenters. The van der Waals surface area contributed by atoms with Crippen molar-refractivity contribution < 1.29 is 13.2 Å². The largest absolute Gasteiger partial charge is 0.398 e. The van der Waals surface area contributed by atoms with E-state index in [1.165, 1.54) is 16.4 Å². The van der Waals surface area contributed by atoms with E-state index in [9.17, 15) is 13.2 Å². The summed E-state index contributed by atoms with van der Waals surface area (Å²) in [7, 11) is -3.80. The van der Waals surface area contributed by atoms with Crippen molar-refractivity contribution in [2.45, 2.75) is 18.2 Å². The number of carbonyl (C=O) groups is 1. The summed E-state index contributed by atoms with van der Waals surface area (Å²) < 4.78 is 26.9. The number of primary amides is 1. The van der Waals surface area contributed by atoms with Crippen LogP contribution < -0.4 is 11.5 Å². The third-order valence-electron chi connectivity index (χ3n) is 3.68. The van der Waals surface area contributed by atoms with Crippen molar-refractivity contribution in [1.82, 2.24) is 4.31 Å². The lowest BCUT2D eigenvalue weighted by Crippen LogP contribution is -2.38. The fraction of sp³-hybridized carbons (Fsp3) is 0.417. The number of nitrogens with two attached hydrogens (primary N) is 2. The molecule has 116 valence electrons. The Morgan fingerprint density at radius 1 is 1.48 bits per heavy atom. The number of amides is 1. The summed E-state index contributed by atoms with van der Waals surface area (Å²) in [6, 6.07) is 2.79. The molecule has 0 radical (unpaired) electrons. The lowest BCUT2D eigenvalue weighted by Gasteiger charge is -2.21. The molecular weight excluding hydrogens is 382 g/mol. The van der Waals surface area contributed by atoms with Gasteiger partial charge in [0.05, 0.1) is 14.8 Å². The minimum absolute atomic E-state index is 0.0128. The molecule has 1 fully saturated rings. The van der Waals surface area contributed by atoms with E-state index >= 15 is 0 Å². The Hall–Kier alpha value is -0.830. The second kappa shape index (κ2) is 5.42. The predicted molar refractivity (Wildman–Crippen MR) is 84.2 cm³/mol. The van der Waals surface area contributed by atoms with E-state index < -0.39 is 21.3 Å². The van der Waals surface area contributed by atoms with Crippen LogP contribution in [0.3, 0.4) is 0 Å². The van der Waals surface area contributed by atoms with E-state index in [1.807, 2.05) is 0 Å². The molecule has 0 saturated carbocycles. The maximum Gasteiger partial charge on any atom is 0.244 e. The van der Waals surface area contributed by atoms with Gasteiger partial charge in [-0.2, -0.15) is 4.31 Å². The second-order valence-corrected chi connectivity index (χ2v) is 8.46. The van der Waals surface area contributed by atoms with Crippen LogP contribution in [0.1, 0.15) is 13.3 Å². The van der Waals surface area contributed by atoms with Crippen molar-refractivity contribution in [1.29, 1.82) is 0 Å². The molecule has 0 aliphatic carbocycles. The molecule has 6 nitrogen and oxygen atoms in total. The molecule has 9 heteroatoms. The third kappa shape index (κ3) is 2.90. The summed E-state index contributed by atoms with van der Waals surface area (Å²) in [6.07, 6.45) is 0.384. The van der Waals surface area contributed by atoms with Gasteiger partial charge in [0, 0.05) is 23.8 Å². The van der Waals surface area contributed by atoms with Crippen molar-refractivity contribution in [3.05, 3.63) is 21.6 Å². The zero-order chi connectivity index (χ0) is 16.0. The van der Waals surface area contributed by atoms with E-state index in [4.69, 9.17) is 23.1 Å². The van der Waals surface area contributed by atoms with Crippen molar-refractivity contribution in [3.63, 3.8) is 0 Å². The lowest BCUT2D eigenvalue weighted by molar-refractivity contribution is -0.126. The van der Waals surface area contributed by atoms with Crippen molar-refractivity contribution in [2.75, 3.05) is 18.8 Å². The summed E-state index contributed by atoms with van der Waals surface area (Å²) in [5.74, 6) is -0.509. The first-order valence-electron chi connectivity index (χ1n) is 6.12. The molecule has 1 heterocycles. The topological polar surface area (TPSA) is 106 Å². The fourth-order valence-electron chi connectivity index (χ4n) is 2.24. The van der Waals surface area contributed by atoms with Gasteiger partial charge < -0.3 is 11.5 Å². The maximum atomic E-state index is 12.7. The summed E-state index contributed by atoms with van der Waals surface area (Å²) in [4.78, 5) is 11.4. The summed E-state index contributed by atoms with van der Waals surface area (Å²) >= 11 is 9.06. The Bertz CT molecular complexity index is 710. The Balaban J connectivity index is 2.43. The van der Waals surface area contributed by atoms with Crippen LogP contribution >= 0.6 is 27.5 Å². The smallest absolute Gasteiger partial charge is 0.244 e. The minimum atomic E-state index is -3.80. The number of hydrogen-bond donors (Lipinski definition) is 2. The number of rotatable bonds is 3. The number of hydrogen-bond acceptors (Lipinski definition) is 4. The van der Waals surface area contributed by atoms with Crippen LogP contribution in [-0.4, -0.2) is 31.7 Å². The van der Waals surface area contributed by atoms with Gasteiger partial charge in [-0.05, 0) is 41.4 Å². The Morgan fingerprint density at radius 3 is 2.62 bits per heavy atom. The van der Waals surface area contributed by atoms with Gasteiger partial charge in [0.1, 0.15) is 0 Å². The average molecular weight is 397 g/mol. The molecule has 0 bridgehead atoms. The molecule has 1 aliphatic heterocycles. The first kappa shape index (κ1) is 16.5. The normalized spacial score (nSPS) is 23.4. The number of nitrogens with zero attached hydrogens (tertiary/aromatic N) is 1. The molecule has 2 rings (SSSR count). The molecular formula is C12H15BrClN3O3S. The van der Waals surface area contributed by atoms with E-state index in [2.05, 4.69) is 15.9 Å². The van der Waals surface area contributed by atoms with Gasteiger partial charge >= 0.3 is 0 Å². The molecule has 1 aromatic carbocycles. The molecule has 1 aromatic rings. The van der Waals surface area contributed by atoms with Crippen LogP contribution in [0, 0.1) is 5.41 Å². The molecule has 1 saturated heterocycles. The van der Waals surface area contributed by atoms with E-state index in [-0.39, 0.29) is 33.2 Å². The van der Waals surface area contributed by atoms with Gasteiger partial charge in [-0.25, -0.2) is 8.42 Å². The van der Waals surface area contributed by atoms with Crippen LogP contribution in [-0.2, 0) is 14.8 Å². The van der Waals surface area contributed by atoms with E-state index in [0.717, 1.165) is 0 Å². The Kier molecular flexibility index (Phi) is 4.27. The molecule has 0 aromatic heterocycles. The fourth-order valence-corrected chi connectivity index (χ4v) is 5.06. The van der Waals surface area contributed by atoms with Crippen LogP contribution in [0.5, 0.6) is 0 Å². The summed E-state index contributed by atoms with van der Waals surface area (Å²) in [5, 5.41) is 0.228. The zero-order valence-corrected chi connectivity index (χ0v) is 14.4. The Labute approximate surface area is 136 Å². The van der Waals surface area contributed by atoms with Gasteiger partial charge in [-0.1, -0.05) is 11.6 Å². The lowest BCUT2D eigenvalue weighted by atomic mass is 9.89. The van der Waals surface area contributed by atoms with Crippen molar-refractivity contribution >= 4 is 49.1 Å². The highest BCUT2D eigenvalue weighted by molar-refractivity contribution is 9.10. The molecule has 1 amide bonds. The molecule has 4 N–H and O–H groups in total.